The van der Waals surface area contributed by atoms with Crippen LogP contribution >= 0.6 is 0 Å². The third-order valence-corrected chi connectivity index (χ3v) is 5.50. The molecule has 4 heterocycles. The Morgan fingerprint density at radius 3 is 2.88 bits per heavy atom. The minimum Gasteiger partial charge on any atom is -0.493 e. The molecule has 0 unspecified atom stereocenters. The molecule has 1 aliphatic heterocycles. The molecule has 0 spiro atoms. The molecule has 1 aliphatic rings. The second kappa shape index (κ2) is 7.95. The summed E-state index contributed by atoms with van der Waals surface area (Å²) in [5, 5.41) is 20.2. The van der Waals surface area contributed by atoms with Crippen molar-refractivity contribution in [2.75, 3.05) is 19.0 Å². The van der Waals surface area contributed by atoms with E-state index in [-0.39, 0.29) is 18.2 Å². The Bertz CT molecular complexity index is 1310. The zero-order valence-corrected chi connectivity index (χ0v) is 18.1. The summed E-state index contributed by atoms with van der Waals surface area (Å²) in [5.41, 5.74) is 2.43. The maximum Gasteiger partial charge on any atom is 0.226 e. The van der Waals surface area contributed by atoms with Gasteiger partial charge in [-0.3, -0.25) is 4.79 Å². The van der Waals surface area contributed by atoms with Crippen LogP contribution < -0.4 is 14.8 Å². The maximum atomic E-state index is 12.7. The number of anilines is 1. The molecule has 5 rings (SSSR count). The van der Waals surface area contributed by atoms with Gasteiger partial charge in [-0.2, -0.15) is 14.3 Å². The van der Waals surface area contributed by atoms with E-state index in [9.17, 15) is 4.79 Å². The Hall–Kier alpha value is -3.95. The molecule has 0 saturated carbocycles. The summed E-state index contributed by atoms with van der Waals surface area (Å²) in [6, 6.07) is 9.37. The molecule has 1 amide bonds. The standard InChI is InChI=1S/C22H23N7O3/c1-4-10-32-21-14(6-5-7-17(21)31-3)15-11-20(30)24-22-16(15)12-23-29(22)19-9-8-18-26-25-13(2)28(18)27-19/h5-9,12,15H,4,10-11H2,1-3H3,(H,24,30)/t15-/m1/s1. The van der Waals surface area contributed by atoms with Crippen LogP contribution in [0.1, 0.15) is 42.6 Å². The molecule has 164 valence electrons. The number of carbonyl (C=O) groups excluding carboxylic acids is 1. The van der Waals surface area contributed by atoms with E-state index in [0.29, 0.717) is 41.2 Å². The van der Waals surface area contributed by atoms with Crippen molar-refractivity contribution in [1.29, 1.82) is 0 Å². The monoisotopic (exact) mass is 433 g/mol. The number of methoxy groups -OCH3 is 1. The lowest BCUT2D eigenvalue weighted by molar-refractivity contribution is -0.116. The second-order valence-electron chi connectivity index (χ2n) is 7.60. The van der Waals surface area contributed by atoms with Crippen molar-refractivity contribution in [3.8, 4) is 17.3 Å². The van der Waals surface area contributed by atoms with E-state index in [1.807, 2.05) is 38.1 Å². The van der Waals surface area contributed by atoms with Gasteiger partial charge in [0.2, 0.25) is 5.91 Å². The molecule has 10 heteroatoms. The van der Waals surface area contributed by atoms with Gasteiger partial charge in [-0.05, 0) is 31.5 Å². The summed E-state index contributed by atoms with van der Waals surface area (Å²) in [6.45, 7) is 4.43. The van der Waals surface area contributed by atoms with Crippen LogP contribution in [0.5, 0.6) is 11.5 Å². The van der Waals surface area contributed by atoms with Gasteiger partial charge in [0.15, 0.2) is 28.8 Å². The number of nitrogens with zero attached hydrogens (tertiary/aromatic N) is 6. The number of nitrogens with one attached hydrogen (secondary N) is 1. The fourth-order valence-corrected chi connectivity index (χ4v) is 4.00. The van der Waals surface area contributed by atoms with Gasteiger partial charge in [-0.15, -0.1) is 15.3 Å². The number of ether oxygens (including phenoxy) is 2. The third-order valence-electron chi connectivity index (χ3n) is 5.50. The first-order chi connectivity index (χ1) is 15.6. The van der Waals surface area contributed by atoms with E-state index >= 15 is 0 Å². The zero-order valence-electron chi connectivity index (χ0n) is 18.1. The van der Waals surface area contributed by atoms with Crippen LogP contribution in [0.4, 0.5) is 5.82 Å². The summed E-state index contributed by atoms with van der Waals surface area (Å²) in [6.07, 6.45) is 2.92. The Balaban J connectivity index is 1.62. The average molecular weight is 433 g/mol. The van der Waals surface area contributed by atoms with Gasteiger partial charge in [0.25, 0.3) is 0 Å². The van der Waals surface area contributed by atoms with E-state index in [2.05, 4.69) is 25.7 Å². The first-order valence-corrected chi connectivity index (χ1v) is 10.5. The molecule has 1 aromatic carbocycles. The number of hydrogen-bond donors (Lipinski definition) is 1. The molecule has 0 radical (unpaired) electrons. The molecular weight excluding hydrogens is 410 g/mol. The quantitative estimate of drug-likeness (QED) is 0.498. The third kappa shape index (κ3) is 3.24. The fourth-order valence-electron chi connectivity index (χ4n) is 4.00. The molecule has 32 heavy (non-hydrogen) atoms. The molecule has 10 nitrogen and oxygen atoms in total. The zero-order chi connectivity index (χ0) is 22.2. The largest absolute Gasteiger partial charge is 0.493 e. The van der Waals surface area contributed by atoms with Crippen molar-refractivity contribution >= 4 is 17.4 Å². The average Bonchev–Trinajstić information content (AvgIpc) is 3.40. The summed E-state index contributed by atoms with van der Waals surface area (Å²) in [7, 11) is 1.61. The number of aryl methyl sites for hydroxylation is 1. The van der Waals surface area contributed by atoms with Crippen molar-refractivity contribution in [3.05, 3.63) is 53.5 Å². The van der Waals surface area contributed by atoms with E-state index in [1.54, 1.807) is 28.6 Å². The molecular formula is C22H23N7O3. The Morgan fingerprint density at radius 2 is 2.06 bits per heavy atom. The van der Waals surface area contributed by atoms with Gasteiger partial charge < -0.3 is 14.8 Å². The van der Waals surface area contributed by atoms with Gasteiger partial charge >= 0.3 is 0 Å². The van der Waals surface area contributed by atoms with Gasteiger partial charge in [-0.25, -0.2) is 0 Å². The van der Waals surface area contributed by atoms with Crippen LogP contribution in [0.2, 0.25) is 0 Å². The van der Waals surface area contributed by atoms with E-state index in [4.69, 9.17) is 9.47 Å². The number of benzene rings is 1. The fraction of sp³-hybridized carbons (Fsp3) is 0.318. The second-order valence-corrected chi connectivity index (χ2v) is 7.60. The maximum absolute atomic E-state index is 12.7. The van der Waals surface area contributed by atoms with Crippen molar-refractivity contribution in [2.45, 2.75) is 32.6 Å². The molecule has 4 aromatic rings. The first-order valence-electron chi connectivity index (χ1n) is 10.5. The van der Waals surface area contributed by atoms with Crippen LogP contribution in [-0.2, 0) is 4.79 Å². The Kier molecular flexibility index (Phi) is 4.96. The minimum absolute atomic E-state index is 0.102. The number of aromatic nitrogens is 6. The van der Waals surface area contributed by atoms with Crippen molar-refractivity contribution in [3.63, 3.8) is 0 Å². The Morgan fingerprint density at radius 1 is 1.19 bits per heavy atom. The van der Waals surface area contributed by atoms with Crippen LogP contribution in [0.3, 0.4) is 0 Å². The van der Waals surface area contributed by atoms with Crippen molar-refractivity contribution in [1.82, 2.24) is 29.6 Å². The molecule has 1 atom stereocenters. The van der Waals surface area contributed by atoms with Gasteiger partial charge in [0.05, 0.1) is 19.9 Å². The number of carbonyl (C=O) groups is 1. The van der Waals surface area contributed by atoms with Gasteiger partial charge in [0, 0.05) is 23.5 Å². The number of hydrogen-bond acceptors (Lipinski definition) is 7. The lowest BCUT2D eigenvalue weighted by atomic mass is 9.86. The van der Waals surface area contributed by atoms with Crippen molar-refractivity contribution in [2.24, 2.45) is 0 Å². The SMILES string of the molecule is CCCOc1c(OC)cccc1[C@H]1CC(=O)Nc2c1cnn2-c1ccc2nnc(C)n2n1. The molecule has 0 bridgehead atoms. The molecule has 0 fully saturated rings. The van der Waals surface area contributed by atoms with E-state index in [1.165, 1.54) is 0 Å². The molecule has 3 aromatic heterocycles. The summed E-state index contributed by atoms with van der Waals surface area (Å²) >= 11 is 0. The Labute approximate surface area is 184 Å². The van der Waals surface area contributed by atoms with Crippen LogP contribution in [0.25, 0.3) is 11.5 Å². The minimum atomic E-state index is -0.227. The van der Waals surface area contributed by atoms with Crippen LogP contribution in [-0.4, -0.2) is 49.2 Å². The summed E-state index contributed by atoms with van der Waals surface area (Å²) in [4.78, 5) is 12.7. The van der Waals surface area contributed by atoms with Crippen LogP contribution in [0, 0.1) is 6.92 Å². The normalized spacial score (nSPS) is 15.5. The van der Waals surface area contributed by atoms with E-state index in [0.717, 1.165) is 17.5 Å². The van der Waals surface area contributed by atoms with Gasteiger partial charge in [-0.1, -0.05) is 19.1 Å². The number of fused-ring (bicyclic) bond motifs is 2. The highest BCUT2D eigenvalue weighted by atomic mass is 16.5. The number of amides is 1. The lowest BCUT2D eigenvalue weighted by Gasteiger charge is -2.26. The topological polar surface area (TPSA) is 108 Å². The predicted octanol–water partition coefficient (Wildman–Crippen LogP) is 2.89. The number of para-hydroxylation sites is 1. The smallest absolute Gasteiger partial charge is 0.226 e. The van der Waals surface area contributed by atoms with Gasteiger partial charge in [0.1, 0.15) is 5.82 Å². The lowest BCUT2D eigenvalue weighted by Crippen LogP contribution is -2.25. The molecule has 0 saturated heterocycles. The van der Waals surface area contributed by atoms with E-state index < -0.39 is 0 Å². The number of rotatable bonds is 6. The summed E-state index contributed by atoms with van der Waals surface area (Å²) in [5.74, 6) is 2.79. The van der Waals surface area contributed by atoms with Crippen LogP contribution in [0.15, 0.2) is 36.5 Å². The highest BCUT2D eigenvalue weighted by Gasteiger charge is 2.33. The predicted molar refractivity (Wildman–Crippen MR) is 117 cm³/mol. The highest BCUT2D eigenvalue weighted by Crippen LogP contribution is 2.44. The molecule has 0 aliphatic carbocycles. The summed E-state index contributed by atoms with van der Waals surface area (Å²) < 4.78 is 14.9. The first kappa shape index (κ1) is 20.0. The highest BCUT2D eigenvalue weighted by molar-refractivity contribution is 5.94. The van der Waals surface area contributed by atoms with Crippen molar-refractivity contribution < 1.29 is 14.3 Å². The molecule has 1 N–H and O–H groups in total.